The largest absolute Gasteiger partial charge is 0.494 e. The van der Waals surface area contributed by atoms with Gasteiger partial charge in [0.25, 0.3) is 0 Å². The summed E-state index contributed by atoms with van der Waals surface area (Å²) in [5.74, 6) is 1.06. The topological polar surface area (TPSA) is 173 Å². The molecule has 90 heavy (non-hydrogen) atoms. The Bertz CT molecular complexity index is 3860. The lowest BCUT2D eigenvalue weighted by molar-refractivity contribution is 0.00578. The molecule has 2 aromatic heterocycles. The first-order valence-corrected chi connectivity index (χ1v) is 30.9. The second-order valence-electron chi connectivity index (χ2n) is 26.9. The van der Waals surface area contributed by atoms with Crippen LogP contribution in [0.1, 0.15) is 122 Å². The van der Waals surface area contributed by atoms with Crippen molar-refractivity contribution in [1.29, 1.82) is 10.5 Å². The van der Waals surface area contributed by atoms with Gasteiger partial charge in [-0.2, -0.15) is 10.5 Å². The second kappa shape index (κ2) is 24.9. The van der Waals surface area contributed by atoms with Crippen LogP contribution in [0.15, 0.2) is 158 Å². The molecule has 0 amide bonds. The number of aromatic nitrogens is 4. The lowest BCUT2D eigenvalue weighted by atomic mass is 9.49. The van der Waals surface area contributed by atoms with E-state index in [4.69, 9.17) is 80.4 Å². The monoisotopic (exact) mass is 1240 g/mol. The molecule has 0 atom stereocenters. The smallest absolute Gasteiger partial charge is 0.405 e. The molecule has 0 radical (unpaired) electrons. The Morgan fingerprint density at radius 3 is 0.833 bits per heavy atom. The van der Waals surface area contributed by atoms with E-state index >= 15 is 0 Å². The maximum Gasteiger partial charge on any atom is 0.494 e. The van der Waals surface area contributed by atoms with Crippen LogP contribution >= 0.6 is 23.2 Å². The van der Waals surface area contributed by atoms with Crippen molar-refractivity contribution in [2.75, 3.05) is 0 Å². The van der Waals surface area contributed by atoms with Gasteiger partial charge in [0.05, 0.1) is 67.6 Å². The molecule has 20 heteroatoms. The predicted octanol–water partition coefficient (Wildman–Crippen LogP) is 14.9. The SMILES string of the molecule is CC1(C)OB(B2OC(C)(C)C(C)(C)O2)OC1(C)C.CC1(C)OB(c2cc(B3OC(C)(C)C(C)(C)O3)cc(-c3nc(-c4ccccc4)nc(-c4ccccc4)c3C#N)c2)OC1(C)C.N#Cc1c(-c2ccccc2)nc(-c2ccccc2)nc1-c1cc(Cl)cc(Cl)c1. The standard InChI is InChI=1S/C35H37B2N3O4.C23H13Cl2N3.C12H24B2O4/c1-32(2)33(3,4)42-36(41-32)26-19-25(20-27(21-26)37-43-34(5,6)35(7,8)44-37)30-28(22-38)29(23-15-11-9-12-16-23)39-31(40-30)24-17-13-10-14-18-24;24-18-11-17(12-19(25)13-18)22-20(14-26)21(15-7-3-1-4-8-15)27-23(28-22)16-9-5-2-6-10-16;1-9(2)10(3,4)16-13(15-9)14-17-11(5,6)12(7,8)18-14/h9-21H,1-8H3;1-13H;1-8H3. The van der Waals surface area contributed by atoms with Crippen LogP contribution < -0.4 is 10.9 Å². The van der Waals surface area contributed by atoms with Gasteiger partial charge in [-0.1, -0.05) is 163 Å². The molecule has 0 saturated carbocycles. The first kappa shape index (κ1) is 65.9. The van der Waals surface area contributed by atoms with Gasteiger partial charge in [0.15, 0.2) is 11.6 Å². The second-order valence-corrected chi connectivity index (χ2v) is 27.8. The maximum absolute atomic E-state index is 10.6. The van der Waals surface area contributed by atoms with Gasteiger partial charge in [-0.25, -0.2) is 19.9 Å². The third kappa shape index (κ3) is 13.4. The average molecular weight is 1240 g/mol. The first-order chi connectivity index (χ1) is 42.2. The van der Waals surface area contributed by atoms with Crippen molar-refractivity contribution in [1.82, 2.24) is 19.9 Å². The number of benzene rings is 6. The number of rotatable bonds is 9. The van der Waals surface area contributed by atoms with E-state index in [1.54, 1.807) is 18.2 Å². The lowest BCUT2D eigenvalue weighted by Crippen LogP contribution is -2.41. The summed E-state index contributed by atoms with van der Waals surface area (Å²) < 4.78 is 49.8. The minimum atomic E-state index is -0.643. The molecule has 0 N–H and O–H groups in total. The molecule has 4 aliphatic heterocycles. The summed E-state index contributed by atoms with van der Waals surface area (Å²) in [6.45, 7) is 32.5. The summed E-state index contributed by atoms with van der Waals surface area (Å²) in [7, 11) is -2.24. The molecule has 458 valence electrons. The summed E-state index contributed by atoms with van der Waals surface area (Å²) in [6, 6.07) is 54.6. The van der Waals surface area contributed by atoms with Crippen molar-refractivity contribution in [3.8, 4) is 79.9 Å². The molecule has 6 aromatic carbocycles. The van der Waals surface area contributed by atoms with Crippen LogP contribution in [0.4, 0.5) is 0 Å². The lowest BCUT2D eigenvalue weighted by Gasteiger charge is -2.32. The highest BCUT2D eigenvalue weighted by Gasteiger charge is 2.64. The Morgan fingerprint density at radius 2 is 0.556 bits per heavy atom. The van der Waals surface area contributed by atoms with Gasteiger partial charge < -0.3 is 37.2 Å². The molecule has 0 unspecified atom stereocenters. The van der Waals surface area contributed by atoms with E-state index in [0.717, 1.165) is 38.7 Å². The van der Waals surface area contributed by atoms with E-state index in [2.05, 4.69) is 12.1 Å². The molecular weight excluding hydrogens is 1170 g/mol. The van der Waals surface area contributed by atoms with Gasteiger partial charge in [0.2, 0.25) is 0 Å². The molecule has 14 nitrogen and oxygen atoms in total. The van der Waals surface area contributed by atoms with E-state index in [9.17, 15) is 10.5 Å². The normalized spacial score (nSPS) is 19.2. The van der Waals surface area contributed by atoms with Crippen LogP contribution in [0.25, 0.3) is 67.8 Å². The van der Waals surface area contributed by atoms with E-state index in [1.807, 2.05) is 250 Å². The molecule has 0 aliphatic carbocycles. The van der Waals surface area contributed by atoms with Crippen molar-refractivity contribution in [2.45, 2.75) is 156 Å². The number of hydrogen-bond donors (Lipinski definition) is 0. The molecule has 0 spiro atoms. The van der Waals surface area contributed by atoms with Crippen LogP contribution in [0.3, 0.4) is 0 Å². The van der Waals surface area contributed by atoms with E-state index in [1.165, 1.54) is 0 Å². The zero-order valence-electron chi connectivity index (χ0n) is 54.0. The Kier molecular flexibility index (Phi) is 18.2. The minimum absolute atomic E-state index is 0.360. The van der Waals surface area contributed by atoms with Crippen LogP contribution in [-0.4, -0.2) is 93.0 Å². The van der Waals surface area contributed by atoms with Crippen LogP contribution in [-0.2, 0) is 37.2 Å². The number of hydrogen-bond acceptors (Lipinski definition) is 14. The fourth-order valence-corrected chi connectivity index (χ4v) is 10.9. The maximum atomic E-state index is 10.6. The third-order valence-electron chi connectivity index (χ3n) is 18.4. The van der Waals surface area contributed by atoms with E-state index in [0.29, 0.717) is 61.2 Å². The summed E-state index contributed by atoms with van der Waals surface area (Å²) in [4.78, 5) is 19.4. The van der Waals surface area contributed by atoms with Gasteiger partial charge in [-0.3, -0.25) is 0 Å². The zero-order chi connectivity index (χ0) is 65.0. The Balaban J connectivity index is 0.000000165. The number of nitriles is 2. The first-order valence-electron chi connectivity index (χ1n) is 30.2. The Morgan fingerprint density at radius 1 is 0.311 bits per heavy atom. The zero-order valence-corrected chi connectivity index (χ0v) is 55.5. The van der Waals surface area contributed by atoms with Crippen molar-refractivity contribution in [3.63, 3.8) is 0 Å². The molecule has 4 aliphatic rings. The molecule has 12 rings (SSSR count). The number of nitrogens with zero attached hydrogens (tertiary/aromatic N) is 6. The van der Waals surface area contributed by atoms with E-state index < -0.39 is 50.7 Å². The Hall–Kier alpha value is -7.02. The van der Waals surface area contributed by atoms with Crippen molar-refractivity contribution in [2.24, 2.45) is 0 Å². The summed E-state index contributed by atoms with van der Waals surface area (Å²) in [5.41, 5.74) is 5.67. The van der Waals surface area contributed by atoms with Gasteiger partial charge in [-0.05, 0) is 140 Å². The van der Waals surface area contributed by atoms with E-state index in [-0.39, 0.29) is 22.4 Å². The van der Waals surface area contributed by atoms with Crippen LogP contribution in [0, 0.1) is 22.7 Å². The van der Waals surface area contributed by atoms with Gasteiger partial charge in [0, 0.05) is 43.4 Å². The third-order valence-corrected chi connectivity index (χ3v) is 18.8. The summed E-state index contributed by atoms with van der Waals surface area (Å²) in [5, 5.41) is 21.5. The quantitative estimate of drug-likeness (QED) is 0.125. The molecule has 6 heterocycles. The summed E-state index contributed by atoms with van der Waals surface area (Å²) >= 11 is 12.4. The van der Waals surface area contributed by atoms with Gasteiger partial charge >= 0.3 is 28.3 Å². The predicted molar refractivity (Wildman–Crippen MR) is 360 cm³/mol. The summed E-state index contributed by atoms with van der Waals surface area (Å²) in [6.07, 6.45) is 0. The fraction of sp³-hybridized carbons (Fsp3) is 0.343. The molecule has 0 bridgehead atoms. The van der Waals surface area contributed by atoms with Crippen molar-refractivity contribution in [3.05, 3.63) is 179 Å². The highest BCUT2D eigenvalue weighted by molar-refractivity contribution is 7.11. The van der Waals surface area contributed by atoms with Crippen molar-refractivity contribution >= 4 is 62.4 Å². The minimum Gasteiger partial charge on any atom is -0.405 e. The highest BCUT2D eigenvalue weighted by Crippen LogP contribution is 2.44. The van der Waals surface area contributed by atoms with Crippen LogP contribution in [0.2, 0.25) is 10.0 Å². The fourth-order valence-electron chi connectivity index (χ4n) is 10.3. The molecular formula is C70H74B4Cl2N6O8. The molecule has 4 fully saturated rings. The highest BCUT2D eigenvalue weighted by atomic mass is 35.5. The van der Waals surface area contributed by atoms with Crippen LogP contribution in [0.5, 0.6) is 0 Å². The van der Waals surface area contributed by atoms with Crippen molar-refractivity contribution < 1.29 is 37.2 Å². The Labute approximate surface area is 541 Å². The molecule has 4 saturated heterocycles. The van der Waals surface area contributed by atoms with Gasteiger partial charge in [0.1, 0.15) is 23.3 Å². The molecule has 8 aromatic rings. The average Bonchev–Trinajstić information content (AvgIpc) is 1.48. The number of halogens is 2. The van der Waals surface area contributed by atoms with Gasteiger partial charge in [-0.15, -0.1) is 0 Å².